The third-order valence-electron chi connectivity index (χ3n) is 2.75. The summed E-state index contributed by atoms with van der Waals surface area (Å²) in [7, 11) is 0. The average molecular weight is 229 g/mol. The molecule has 1 aliphatic carbocycles. The summed E-state index contributed by atoms with van der Waals surface area (Å²) >= 11 is 0. The van der Waals surface area contributed by atoms with Crippen LogP contribution in [-0.2, 0) is 4.79 Å². The summed E-state index contributed by atoms with van der Waals surface area (Å²) < 4.78 is 0. The van der Waals surface area contributed by atoms with Gasteiger partial charge in [-0.3, -0.25) is 4.79 Å². The molecule has 5 N–H and O–H groups in total. The molecule has 1 rings (SSSR count). The number of carboxylic acid groups (broad SMARTS) is 1. The fourth-order valence-corrected chi connectivity index (χ4v) is 1.77. The van der Waals surface area contributed by atoms with Crippen LogP contribution in [0.3, 0.4) is 0 Å². The van der Waals surface area contributed by atoms with E-state index in [1.54, 1.807) is 0 Å². The first-order valence-electron chi connectivity index (χ1n) is 5.62. The standard InChI is InChI=1S/C10H19N3O3/c11-8(9(14)15)5-6-12-10(16)13-7-3-1-2-4-7/h7-8H,1-6,11H2,(H,14,15)(H2,12,13,16). The lowest BCUT2D eigenvalue weighted by atomic mass is 10.2. The molecule has 16 heavy (non-hydrogen) atoms. The van der Waals surface area contributed by atoms with Crippen LogP contribution in [0.15, 0.2) is 0 Å². The monoisotopic (exact) mass is 229 g/mol. The Morgan fingerprint density at radius 1 is 1.38 bits per heavy atom. The van der Waals surface area contributed by atoms with Crippen LogP contribution >= 0.6 is 0 Å². The molecule has 2 amide bonds. The van der Waals surface area contributed by atoms with Crippen molar-refractivity contribution in [2.75, 3.05) is 6.54 Å². The van der Waals surface area contributed by atoms with E-state index in [2.05, 4.69) is 10.6 Å². The molecule has 0 aromatic heterocycles. The molecule has 1 atom stereocenters. The van der Waals surface area contributed by atoms with Crippen molar-refractivity contribution in [3.8, 4) is 0 Å². The third kappa shape index (κ3) is 4.48. The van der Waals surface area contributed by atoms with Crippen molar-refractivity contribution in [2.45, 2.75) is 44.2 Å². The SMILES string of the molecule is NC(CCNC(=O)NC1CCCC1)C(=O)O. The number of nitrogens with two attached hydrogens (primary N) is 1. The molecular weight excluding hydrogens is 210 g/mol. The van der Waals surface area contributed by atoms with Gasteiger partial charge in [0.2, 0.25) is 0 Å². The molecule has 6 nitrogen and oxygen atoms in total. The zero-order valence-electron chi connectivity index (χ0n) is 9.24. The number of hydrogen-bond donors (Lipinski definition) is 4. The van der Waals surface area contributed by atoms with Gasteiger partial charge in [0.15, 0.2) is 0 Å². The van der Waals surface area contributed by atoms with Gasteiger partial charge in [0.1, 0.15) is 6.04 Å². The van der Waals surface area contributed by atoms with Crippen molar-refractivity contribution < 1.29 is 14.7 Å². The van der Waals surface area contributed by atoms with Gasteiger partial charge in [-0.25, -0.2) is 4.79 Å². The Labute approximate surface area is 94.6 Å². The van der Waals surface area contributed by atoms with Crippen LogP contribution in [0.2, 0.25) is 0 Å². The highest BCUT2D eigenvalue weighted by Crippen LogP contribution is 2.17. The van der Waals surface area contributed by atoms with Gasteiger partial charge in [-0.1, -0.05) is 12.8 Å². The largest absolute Gasteiger partial charge is 0.480 e. The molecule has 0 radical (unpaired) electrons. The average Bonchev–Trinajstić information content (AvgIpc) is 2.70. The maximum atomic E-state index is 11.3. The summed E-state index contributed by atoms with van der Waals surface area (Å²) in [6.07, 6.45) is 4.63. The van der Waals surface area contributed by atoms with E-state index in [1.807, 2.05) is 0 Å². The lowest BCUT2D eigenvalue weighted by Gasteiger charge is -2.13. The Morgan fingerprint density at radius 2 is 2.00 bits per heavy atom. The van der Waals surface area contributed by atoms with Gasteiger partial charge in [-0.05, 0) is 19.3 Å². The van der Waals surface area contributed by atoms with Gasteiger partial charge in [0.05, 0.1) is 0 Å². The lowest BCUT2D eigenvalue weighted by Crippen LogP contribution is -2.43. The summed E-state index contributed by atoms with van der Waals surface area (Å²) in [5, 5.41) is 14.0. The molecule has 0 aromatic rings. The normalized spacial score (nSPS) is 18.1. The van der Waals surface area contributed by atoms with E-state index in [0.717, 1.165) is 25.7 Å². The van der Waals surface area contributed by atoms with Crippen LogP contribution in [0.1, 0.15) is 32.1 Å². The first-order chi connectivity index (χ1) is 7.59. The van der Waals surface area contributed by atoms with Crippen molar-refractivity contribution in [1.29, 1.82) is 0 Å². The topological polar surface area (TPSA) is 104 Å². The van der Waals surface area contributed by atoms with Crippen LogP contribution < -0.4 is 16.4 Å². The Kier molecular flexibility index (Phi) is 5.04. The van der Waals surface area contributed by atoms with Gasteiger partial charge in [0.25, 0.3) is 0 Å². The second-order valence-electron chi connectivity index (χ2n) is 4.12. The van der Waals surface area contributed by atoms with Crippen molar-refractivity contribution >= 4 is 12.0 Å². The van der Waals surface area contributed by atoms with Gasteiger partial charge >= 0.3 is 12.0 Å². The highest BCUT2D eigenvalue weighted by molar-refractivity contribution is 5.75. The molecule has 0 heterocycles. The first kappa shape index (κ1) is 12.8. The maximum Gasteiger partial charge on any atom is 0.320 e. The third-order valence-corrected chi connectivity index (χ3v) is 2.75. The minimum atomic E-state index is -1.04. The van der Waals surface area contributed by atoms with Crippen molar-refractivity contribution in [3.05, 3.63) is 0 Å². The zero-order valence-corrected chi connectivity index (χ0v) is 9.24. The number of aliphatic carboxylic acids is 1. The van der Waals surface area contributed by atoms with Gasteiger partial charge < -0.3 is 21.5 Å². The zero-order chi connectivity index (χ0) is 12.0. The van der Waals surface area contributed by atoms with E-state index < -0.39 is 12.0 Å². The molecule has 92 valence electrons. The van der Waals surface area contributed by atoms with Crippen LogP contribution in [-0.4, -0.2) is 35.7 Å². The van der Waals surface area contributed by atoms with Crippen molar-refractivity contribution in [1.82, 2.24) is 10.6 Å². The second kappa shape index (κ2) is 6.32. The van der Waals surface area contributed by atoms with Gasteiger partial charge in [0, 0.05) is 12.6 Å². The Morgan fingerprint density at radius 3 is 2.56 bits per heavy atom. The van der Waals surface area contributed by atoms with Crippen LogP contribution in [0.5, 0.6) is 0 Å². The van der Waals surface area contributed by atoms with E-state index in [4.69, 9.17) is 10.8 Å². The Balaban J connectivity index is 2.08. The Bertz CT molecular complexity index is 252. The minimum Gasteiger partial charge on any atom is -0.480 e. The van der Waals surface area contributed by atoms with E-state index in [-0.39, 0.29) is 25.0 Å². The summed E-state index contributed by atoms with van der Waals surface area (Å²) in [6, 6.07) is -0.871. The number of urea groups is 1. The quantitative estimate of drug-likeness (QED) is 0.534. The molecule has 1 unspecified atom stereocenters. The van der Waals surface area contributed by atoms with Crippen LogP contribution in [0.4, 0.5) is 4.79 Å². The second-order valence-corrected chi connectivity index (χ2v) is 4.12. The molecule has 1 aliphatic rings. The van der Waals surface area contributed by atoms with Crippen LogP contribution in [0.25, 0.3) is 0 Å². The predicted octanol–water partition coefficient (Wildman–Crippen LogP) is 0.0302. The van der Waals surface area contributed by atoms with Gasteiger partial charge in [-0.2, -0.15) is 0 Å². The summed E-state index contributed by atoms with van der Waals surface area (Å²) in [4.78, 5) is 21.7. The molecule has 0 aromatic carbocycles. The summed E-state index contributed by atoms with van der Waals surface area (Å²) in [5.41, 5.74) is 5.30. The lowest BCUT2D eigenvalue weighted by molar-refractivity contribution is -0.138. The van der Waals surface area contributed by atoms with Crippen molar-refractivity contribution in [3.63, 3.8) is 0 Å². The summed E-state index contributed by atoms with van der Waals surface area (Å²) in [6.45, 7) is 0.284. The highest BCUT2D eigenvalue weighted by atomic mass is 16.4. The fourth-order valence-electron chi connectivity index (χ4n) is 1.77. The number of carboxylic acids is 1. The smallest absolute Gasteiger partial charge is 0.320 e. The molecule has 6 heteroatoms. The number of carbonyl (C=O) groups is 2. The minimum absolute atomic E-state index is 0.232. The number of rotatable bonds is 5. The predicted molar refractivity (Wildman–Crippen MR) is 59.0 cm³/mol. The molecule has 0 bridgehead atoms. The van der Waals surface area contributed by atoms with E-state index in [0.29, 0.717) is 0 Å². The van der Waals surface area contributed by atoms with E-state index in [1.165, 1.54) is 0 Å². The van der Waals surface area contributed by atoms with Crippen LogP contribution in [0, 0.1) is 0 Å². The number of hydrogen-bond acceptors (Lipinski definition) is 3. The van der Waals surface area contributed by atoms with Crippen molar-refractivity contribution in [2.24, 2.45) is 5.73 Å². The fraction of sp³-hybridized carbons (Fsp3) is 0.800. The number of amides is 2. The molecule has 0 saturated heterocycles. The molecule has 1 fully saturated rings. The Hall–Kier alpha value is -1.30. The molecule has 1 saturated carbocycles. The molecule has 0 spiro atoms. The molecule has 0 aliphatic heterocycles. The van der Waals surface area contributed by atoms with Gasteiger partial charge in [-0.15, -0.1) is 0 Å². The molecular formula is C10H19N3O3. The van der Waals surface area contributed by atoms with E-state index >= 15 is 0 Å². The maximum absolute atomic E-state index is 11.3. The first-order valence-corrected chi connectivity index (χ1v) is 5.62. The number of nitrogens with one attached hydrogen (secondary N) is 2. The highest BCUT2D eigenvalue weighted by Gasteiger charge is 2.17. The summed E-state index contributed by atoms with van der Waals surface area (Å²) in [5.74, 6) is -1.04. The number of carbonyl (C=O) groups excluding carboxylic acids is 1. The van der Waals surface area contributed by atoms with E-state index in [9.17, 15) is 9.59 Å².